The average molecular weight is 242 g/mol. The Labute approximate surface area is 102 Å². The van der Waals surface area contributed by atoms with Crippen LogP contribution in [0.3, 0.4) is 0 Å². The molecule has 0 amide bonds. The van der Waals surface area contributed by atoms with Gasteiger partial charge in [-0.05, 0) is 26.8 Å². The molecule has 0 aliphatic rings. The molecule has 1 unspecified atom stereocenters. The zero-order valence-electron chi connectivity index (χ0n) is 10.9. The second-order valence-corrected chi connectivity index (χ2v) is 5.37. The Morgan fingerprint density at radius 2 is 2.12 bits per heavy atom. The Morgan fingerprint density at radius 3 is 2.56 bits per heavy atom. The van der Waals surface area contributed by atoms with Crippen LogP contribution in [0.2, 0.25) is 0 Å². The third-order valence-electron chi connectivity index (χ3n) is 2.70. The van der Waals surface area contributed by atoms with Crippen LogP contribution in [0.25, 0.3) is 0 Å². The van der Waals surface area contributed by atoms with Gasteiger partial charge in [-0.1, -0.05) is 13.8 Å². The van der Waals surface area contributed by atoms with E-state index >= 15 is 0 Å². The summed E-state index contributed by atoms with van der Waals surface area (Å²) >= 11 is 1.77. The maximum Gasteiger partial charge on any atom is 0.115 e. The van der Waals surface area contributed by atoms with Crippen molar-refractivity contribution in [2.45, 2.75) is 39.7 Å². The third-order valence-corrected chi connectivity index (χ3v) is 3.98. The number of likely N-dealkylation sites (N-methyl/N-ethyl adjacent to an activating group) is 1. The molecule has 0 saturated heterocycles. The van der Waals surface area contributed by atoms with Gasteiger partial charge in [0, 0.05) is 12.0 Å². The van der Waals surface area contributed by atoms with E-state index in [1.165, 1.54) is 10.6 Å². The Balaban J connectivity index is 3.00. The van der Waals surface area contributed by atoms with E-state index in [2.05, 4.69) is 33.0 Å². The minimum absolute atomic E-state index is 0.160. The van der Waals surface area contributed by atoms with Crippen molar-refractivity contribution in [2.24, 2.45) is 0 Å². The van der Waals surface area contributed by atoms with Crippen LogP contribution in [-0.4, -0.2) is 25.2 Å². The van der Waals surface area contributed by atoms with Gasteiger partial charge < -0.3 is 10.1 Å². The average Bonchev–Trinajstić information content (AvgIpc) is 2.61. The number of ether oxygens (including phenoxy) is 1. The van der Waals surface area contributed by atoms with Crippen molar-refractivity contribution >= 4 is 11.3 Å². The number of aryl methyl sites for hydroxylation is 2. The van der Waals surface area contributed by atoms with Crippen LogP contribution in [0.1, 0.15) is 36.3 Å². The predicted molar refractivity (Wildman–Crippen MR) is 69.1 cm³/mol. The summed E-state index contributed by atoms with van der Waals surface area (Å²) in [5.41, 5.74) is 1.05. The molecule has 0 aromatic carbocycles. The van der Waals surface area contributed by atoms with Gasteiger partial charge in [-0.25, -0.2) is 4.98 Å². The van der Waals surface area contributed by atoms with Gasteiger partial charge in [-0.15, -0.1) is 11.3 Å². The van der Waals surface area contributed by atoms with Gasteiger partial charge in [0.2, 0.25) is 0 Å². The monoisotopic (exact) mass is 242 g/mol. The highest BCUT2D eigenvalue weighted by Crippen LogP contribution is 2.28. The van der Waals surface area contributed by atoms with Crippen LogP contribution >= 0.6 is 11.3 Å². The summed E-state index contributed by atoms with van der Waals surface area (Å²) in [6.07, 6.45) is 0.998. The van der Waals surface area contributed by atoms with Crippen LogP contribution in [0, 0.1) is 6.92 Å². The molecular weight excluding hydrogens is 220 g/mol. The molecule has 92 valence electrons. The quantitative estimate of drug-likeness (QED) is 0.832. The molecule has 4 heteroatoms. The summed E-state index contributed by atoms with van der Waals surface area (Å²) in [6.45, 7) is 10.1. The van der Waals surface area contributed by atoms with Gasteiger partial charge in [0.15, 0.2) is 0 Å². The van der Waals surface area contributed by atoms with Gasteiger partial charge in [-0.2, -0.15) is 0 Å². The van der Waals surface area contributed by atoms with E-state index < -0.39 is 0 Å². The summed E-state index contributed by atoms with van der Waals surface area (Å²) in [5.74, 6) is 0. The number of thiazole rings is 1. The maximum atomic E-state index is 5.30. The fraction of sp³-hybridized carbons (Fsp3) is 0.750. The molecule has 0 fully saturated rings. The third kappa shape index (κ3) is 2.81. The molecule has 0 bridgehead atoms. The molecule has 1 aromatic rings. The van der Waals surface area contributed by atoms with Gasteiger partial charge in [0.05, 0.1) is 17.8 Å². The predicted octanol–water partition coefficient (Wildman–Crippen LogP) is 2.49. The Kier molecular flexibility index (Phi) is 4.89. The first-order chi connectivity index (χ1) is 7.57. The molecule has 16 heavy (non-hydrogen) atoms. The van der Waals surface area contributed by atoms with Crippen molar-refractivity contribution in [2.75, 3.05) is 20.3 Å². The highest BCUT2D eigenvalue weighted by atomic mass is 32.1. The molecule has 1 N–H and O–H groups in total. The minimum Gasteiger partial charge on any atom is -0.382 e. The van der Waals surface area contributed by atoms with Crippen molar-refractivity contribution in [3.05, 3.63) is 15.6 Å². The molecule has 0 saturated carbocycles. The Bertz CT molecular complexity index is 330. The lowest BCUT2D eigenvalue weighted by Gasteiger charge is -2.27. The summed E-state index contributed by atoms with van der Waals surface area (Å²) in [6, 6.07) is 0. The second kappa shape index (κ2) is 5.75. The van der Waals surface area contributed by atoms with E-state index in [-0.39, 0.29) is 5.54 Å². The first-order valence-corrected chi connectivity index (χ1v) is 6.59. The van der Waals surface area contributed by atoms with E-state index in [4.69, 9.17) is 9.72 Å². The number of hydrogen-bond donors (Lipinski definition) is 1. The normalized spacial score (nSPS) is 15.1. The van der Waals surface area contributed by atoms with Crippen LogP contribution in [-0.2, 0) is 16.7 Å². The van der Waals surface area contributed by atoms with Crippen LogP contribution in [0.15, 0.2) is 0 Å². The number of nitrogens with one attached hydrogen (secondary N) is 1. The maximum absolute atomic E-state index is 5.30. The molecule has 3 nitrogen and oxygen atoms in total. The lowest BCUT2D eigenvalue weighted by atomic mass is 10.1. The molecule has 1 aromatic heterocycles. The van der Waals surface area contributed by atoms with E-state index in [0.717, 1.165) is 18.0 Å². The zero-order chi connectivity index (χ0) is 12.2. The topological polar surface area (TPSA) is 34.1 Å². The first kappa shape index (κ1) is 13.6. The SMILES string of the molecule is CCNC(C)(COC)c1nc(CC)c(C)s1. The summed E-state index contributed by atoms with van der Waals surface area (Å²) in [7, 11) is 1.73. The van der Waals surface area contributed by atoms with Crippen LogP contribution in [0.5, 0.6) is 0 Å². The summed E-state index contributed by atoms with van der Waals surface area (Å²) in [4.78, 5) is 6.03. The molecule has 1 atom stereocenters. The number of rotatable bonds is 6. The van der Waals surface area contributed by atoms with Crippen molar-refractivity contribution < 1.29 is 4.74 Å². The molecule has 1 rings (SSSR count). The van der Waals surface area contributed by atoms with E-state index in [1.807, 2.05) is 0 Å². The van der Waals surface area contributed by atoms with Crippen molar-refractivity contribution in [3.8, 4) is 0 Å². The number of nitrogens with zero attached hydrogens (tertiary/aromatic N) is 1. The first-order valence-electron chi connectivity index (χ1n) is 5.78. The largest absolute Gasteiger partial charge is 0.382 e. The molecule has 0 spiro atoms. The highest BCUT2D eigenvalue weighted by molar-refractivity contribution is 7.11. The van der Waals surface area contributed by atoms with Crippen molar-refractivity contribution in [3.63, 3.8) is 0 Å². The van der Waals surface area contributed by atoms with Gasteiger partial charge in [0.25, 0.3) is 0 Å². The number of aromatic nitrogens is 1. The standard InChI is InChI=1S/C12H22N2OS/c1-6-10-9(3)16-11(14-10)12(4,8-15-5)13-7-2/h13H,6-8H2,1-5H3. The highest BCUT2D eigenvalue weighted by Gasteiger charge is 2.29. The lowest BCUT2D eigenvalue weighted by molar-refractivity contribution is 0.119. The fourth-order valence-electron chi connectivity index (χ4n) is 1.86. The number of hydrogen-bond acceptors (Lipinski definition) is 4. The fourth-order valence-corrected chi connectivity index (χ4v) is 2.97. The second-order valence-electron chi connectivity index (χ2n) is 4.17. The summed E-state index contributed by atoms with van der Waals surface area (Å²) in [5, 5.41) is 4.59. The van der Waals surface area contributed by atoms with Crippen LogP contribution in [0.4, 0.5) is 0 Å². The zero-order valence-corrected chi connectivity index (χ0v) is 11.7. The van der Waals surface area contributed by atoms with Gasteiger partial charge in [-0.3, -0.25) is 0 Å². The number of methoxy groups -OCH3 is 1. The Morgan fingerprint density at radius 1 is 1.44 bits per heavy atom. The molecule has 0 aliphatic carbocycles. The van der Waals surface area contributed by atoms with Gasteiger partial charge >= 0.3 is 0 Å². The van der Waals surface area contributed by atoms with Crippen LogP contribution < -0.4 is 5.32 Å². The molecular formula is C12H22N2OS. The van der Waals surface area contributed by atoms with Gasteiger partial charge in [0.1, 0.15) is 5.01 Å². The summed E-state index contributed by atoms with van der Waals surface area (Å²) < 4.78 is 5.30. The van der Waals surface area contributed by atoms with Crippen molar-refractivity contribution in [1.29, 1.82) is 0 Å². The van der Waals surface area contributed by atoms with E-state index in [0.29, 0.717) is 6.61 Å². The Hall–Kier alpha value is -0.450. The molecule has 0 aliphatic heterocycles. The van der Waals surface area contributed by atoms with E-state index in [1.54, 1.807) is 18.4 Å². The smallest absolute Gasteiger partial charge is 0.115 e. The van der Waals surface area contributed by atoms with E-state index in [9.17, 15) is 0 Å². The lowest BCUT2D eigenvalue weighted by Crippen LogP contribution is -2.43. The minimum atomic E-state index is -0.160. The molecule has 0 radical (unpaired) electrons. The van der Waals surface area contributed by atoms with Crippen molar-refractivity contribution in [1.82, 2.24) is 10.3 Å². The molecule has 1 heterocycles.